The molecule has 1 atom stereocenters. The molecule has 0 amide bonds. The summed E-state index contributed by atoms with van der Waals surface area (Å²) < 4.78 is 12.9. The number of fused-ring (bicyclic) bond motifs is 1. The van der Waals surface area contributed by atoms with Crippen molar-refractivity contribution in [3.63, 3.8) is 0 Å². The van der Waals surface area contributed by atoms with Crippen molar-refractivity contribution in [3.05, 3.63) is 36.4 Å². The van der Waals surface area contributed by atoms with E-state index >= 15 is 0 Å². The number of pyridine rings is 1. The first-order chi connectivity index (χ1) is 8.75. The fourth-order valence-corrected chi connectivity index (χ4v) is 2.20. The van der Waals surface area contributed by atoms with Crippen LogP contribution in [-0.2, 0) is 10.8 Å². The van der Waals surface area contributed by atoms with Gasteiger partial charge in [-0.25, -0.2) is 4.98 Å². The van der Waals surface area contributed by atoms with Crippen molar-refractivity contribution >= 4 is 21.7 Å². The van der Waals surface area contributed by atoms with Gasteiger partial charge >= 0.3 is 0 Å². The summed E-state index contributed by atoms with van der Waals surface area (Å²) in [6.07, 6.45) is 1.53. The monoisotopic (exact) mass is 259 g/mol. The van der Waals surface area contributed by atoms with E-state index in [0.717, 1.165) is 10.9 Å². The second kappa shape index (κ2) is 4.26. The minimum atomic E-state index is -1.26. The number of hydrogen-bond acceptors (Lipinski definition) is 5. The molecule has 1 aromatic carbocycles. The Morgan fingerprint density at radius 1 is 1.17 bits per heavy atom. The lowest BCUT2D eigenvalue weighted by atomic mass is 10.2. The van der Waals surface area contributed by atoms with Gasteiger partial charge in [0, 0.05) is 11.6 Å². The smallest absolute Gasteiger partial charge is 0.245 e. The van der Waals surface area contributed by atoms with Gasteiger partial charge in [0.2, 0.25) is 5.16 Å². The van der Waals surface area contributed by atoms with Crippen molar-refractivity contribution in [2.75, 3.05) is 6.26 Å². The molecule has 0 saturated carbocycles. The van der Waals surface area contributed by atoms with Crippen LogP contribution in [-0.4, -0.2) is 35.7 Å². The third-order valence-corrected chi connectivity index (χ3v) is 3.27. The first kappa shape index (κ1) is 11.0. The van der Waals surface area contributed by atoms with E-state index in [1.54, 1.807) is 6.07 Å². The van der Waals surface area contributed by atoms with E-state index < -0.39 is 10.8 Å². The highest BCUT2D eigenvalue weighted by Crippen LogP contribution is 2.14. The summed E-state index contributed by atoms with van der Waals surface area (Å²) in [7, 11) is -1.26. The second-order valence-corrected chi connectivity index (χ2v) is 4.96. The standard InChI is InChI=1S/C11H9N5OS/c1-18(17)11-13-14-15-16(11)10-7-6-8-4-2-3-5-9(8)12-10/h2-7H,1H3. The molecule has 0 spiro atoms. The summed E-state index contributed by atoms with van der Waals surface area (Å²) >= 11 is 0. The van der Waals surface area contributed by atoms with E-state index in [4.69, 9.17) is 0 Å². The van der Waals surface area contributed by atoms with E-state index in [0.29, 0.717) is 5.82 Å². The zero-order valence-corrected chi connectivity index (χ0v) is 10.3. The second-order valence-electron chi connectivity index (χ2n) is 3.69. The SMILES string of the molecule is CS(=O)c1nnnn1-c1ccc2ccccc2n1. The molecular weight excluding hydrogens is 250 g/mol. The Morgan fingerprint density at radius 2 is 2.00 bits per heavy atom. The molecule has 0 bridgehead atoms. The maximum Gasteiger partial charge on any atom is 0.245 e. The largest absolute Gasteiger partial charge is 0.251 e. The van der Waals surface area contributed by atoms with Gasteiger partial charge in [-0.1, -0.05) is 23.3 Å². The summed E-state index contributed by atoms with van der Waals surface area (Å²) in [4.78, 5) is 4.45. The van der Waals surface area contributed by atoms with Crippen molar-refractivity contribution in [2.24, 2.45) is 0 Å². The molecule has 90 valence electrons. The van der Waals surface area contributed by atoms with Gasteiger partial charge in [0.15, 0.2) is 5.82 Å². The van der Waals surface area contributed by atoms with Crippen LogP contribution in [0.2, 0.25) is 0 Å². The highest BCUT2D eigenvalue weighted by Gasteiger charge is 2.12. The lowest BCUT2D eigenvalue weighted by Gasteiger charge is -2.03. The van der Waals surface area contributed by atoms with Crippen LogP contribution in [0.4, 0.5) is 0 Å². The van der Waals surface area contributed by atoms with E-state index in [-0.39, 0.29) is 5.16 Å². The number of aromatic nitrogens is 5. The Kier molecular flexibility index (Phi) is 2.60. The molecule has 0 fully saturated rings. The topological polar surface area (TPSA) is 73.6 Å². The summed E-state index contributed by atoms with van der Waals surface area (Å²) in [5.74, 6) is 0.559. The van der Waals surface area contributed by atoms with Gasteiger partial charge in [0.05, 0.1) is 16.3 Å². The average Bonchev–Trinajstić information content (AvgIpc) is 2.87. The quantitative estimate of drug-likeness (QED) is 0.685. The predicted octanol–water partition coefficient (Wildman–Crippen LogP) is 0.948. The molecule has 0 N–H and O–H groups in total. The zero-order chi connectivity index (χ0) is 12.5. The van der Waals surface area contributed by atoms with E-state index in [9.17, 15) is 4.21 Å². The van der Waals surface area contributed by atoms with Gasteiger partial charge in [0.1, 0.15) is 0 Å². The first-order valence-electron chi connectivity index (χ1n) is 5.24. The summed E-state index contributed by atoms with van der Waals surface area (Å²) in [5, 5.41) is 12.4. The van der Waals surface area contributed by atoms with Crippen molar-refractivity contribution in [2.45, 2.75) is 5.16 Å². The molecule has 18 heavy (non-hydrogen) atoms. The molecule has 0 aliphatic rings. The van der Waals surface area contributed by atoms with Crippen LogP contribution in [0.1, 0.15) is 0 Å². The van der Waals surface area contributed by atoms with Crippen LogP contribution in [0.15, 0.2) is 41.6 Å². The molecule has 2 heterocycles. The van der Waals surface area contributed by atoms with Crippen LogP contribution in [0.5, 0.6) is 0 Å². The average molecular weight is 259 g/mol. The number of tetrazole rings is 1. The van der Waals surface area contributed by atoms with E-state index in [1.165, 1.54) is 10.9 Å². The number of hydrogen-bond donors (Lipinski definition) is 0. The number of para-hydroxylation sites is 1. The van der Waals surface area contributed by atoms with Gasteiger partial charge in [-0.3, -0.25) is 4.21 Å². The third-order valence-electron chi connectivity index (χ3n) is 2.50. The van der Waals surface area contributed by atoms with Crippen LogP contribution in [0.25, 0.3) is 16.7 Å². The zero-order valence-electron chi connectivity index (χ0n) is 9.52. The number of nitrogens with zero attached hydrogens (tertiary/aromatic N) is 5. The van der Waals surface area contributed by atoms with Gasteiger partial charge in [-0.2, -0.15) is 4.68 Å². The van der Waals surface area contributed by atoms with Gasteiger partial charge < -0.3 is 0 Å². The van der Waals surface area contributed by atoms with Crippen LogP contribution in [0.3, 0.4) is 0 Å². The van der Waals surface area contributed by atoms with Gasteiger partial charge in [-0.15, -0.1) is 0 Å². The fourth-order valence-electron chi connectivity index (χ4n) is 1.68. The lowest BCUT2D eigenvalue weighted by Crippen LogP contribution is -2.06. The first-order valence-corrected chi connectivity index (χ1v) is 6.79. The summed E-state index contributed by atoms with van der Waals surface area (Å²) in [6, 6.07) is 11.5. The molecule has 0 aliphatic carbocycles. The molecule has 1 unspecified atom stereocenters. The molecule has 2 aromatic heterocycles. The van der Waals surface area contributed by atoms with Crippen molar-refractivity contribution in [1.82, 2.24) is 25.2 Å². The molecule has 3 rings (SSSR count). The highest BCUT2D eigenvalue weighted by atomic mass is 32.2. The maximum atomic E-state index is 11.5. The minimum absolute atomic E-state index is 0.290. The van der Waals surface area contributed by atoms with Crippen molar-refractivity contribution in [3.8, 4) is 5.82 Å². The van der Waals surface area contributed by atoms with Crippen molar-refractivity contribution < 1.29 is 4.21 Å². The molecule has 6 nitrogen and oxygen atoms in total. The third kappa shape index (κ3) is 1.78. The fraction of sp³-hybridized carbons (Fsp3) is 0.0909. The Morgan fingerprint density at radius 3 is 2.83 bits per heavy atom. The van der Waals surface area contributed by atoms with Gasteiger partial charge in [-0.05, 0) is 28.6 Å². The minimum Gasteiger partial charge on any atom is -0.251 e. The molecule has 0 saturated heterocycles. The van der Waals surface area contributed by atoms with Crippen LogP contribution in [0, 0.1) is 0 Å². The van der Waals surface area contributed by atoms with E-state index in [1.807, 2.05) is 30.3 Å². The van der Waals surface area contributed by atoms with E-state index in [2.05, 4.69) is 20.5 Å². The Labute approximate surface area is 105 Å². The maximum absolute atomic E-state index is 11.5. The molecule has 0 aliphatic heterocycles. The Balaban J connectivity index is 2.19. The predicted molar refractivity (Wildman–Crippen MR) is 66.8 cm³/mol. The molecule has 3 aromatic rings. The summed E-state index contributed by atoms with van der Waals surface area (Å²) in [5.41, 5.74) is 0.846. The molecule has 7 heteroatoms. The number of benzene rings is 1. The van der Waals surface area contributed by atoms with Gasteiger partial charge in [0.25, 0.3) is 0 Å². The Bertz CT molecular complexity index is 739. The lowest BCUT2D eigenvalue weighted by molar-refractivity contribution is 0.667. The number of rotatable bonds is 2. The molecular formula is C11H9N5OS. The van der Waals surface area contributed by atoms with Crippen LogP contribution >= 0.6 is 0 Å². The molecule has 0 radical (unpaired) electrons. The summed E-state index contributed by atoms with van der Waals surface area (Å²) in [6.45, 7) is 0. The van der Waals surface area contributed by atoms with Crippen molar-refractivity contribution in [1.29, 1.82) is 0 Å². The van der Waals surface area contributed by atoms with Crippen LogP contribution < -0.4 is 0 Å². The Hall–Kier alpha value is -2.15. The highest BCUT2D eigenvalue weighted by molar-refractivity contribution is 7.84. The normalized spacial score (nSPS) is 12.7.